The van der Waals surface area contributed by atoms with Crippen LogP contribution < -0.4 is 15.5 Å². The molecule has 1 aliphatic heterocycles. The minimum atomic E-state index is -0.121. The van der Waals surface area contributed by atoms with Crippen molar-refractivity contribution >= 4 is 28.6 Å². The number of likely N-dealkylation sites (tertiary alicyclic amines) is 1. The lowest BCUT2D eigenvalue weighted by molar-refractivity contribution is 0.0964. The molecule has 3 aromatic heterocycles. The molecule has 5 rings (SSSR count). The van der Waals surface area contributed by atoms with E-state index < -0.39 is 0 Å². The largest absolute Gasteiger partial charge is 0.369 e. The fraction of sp³-hybridized carbons (Fsp3) is 0.400. The highest BCUT2D eigenvalue weighted by Crippen LogP contribution is 2.27. The SMILES string of the molecule is CCN1CCC(N(C)c2ncc(-c3cc(NC[C@@H](C)c4cccc5c(C(=O)NC)ccnc45)ncn3)cn2)CC1. The number of rotatable bonds is 9. The lowest BCUT2D eigenvalue weighted by Gasteiger charge is -2.36. The van der Waals surface area contributed by atoms with Crippen LogP contribution in [0.2, 0.25) is 0 Å². The molecule has 1 aromatic carbocycles. The summed E-state index contributed by atoms with van der Waals surface area (Å²) in [5.74, 6) is 1.46. The van der Waals surface area contributed by atoms with Gasteiger partial charge < -0.3 is 20.4 Å². The fourth-order valence-electron chi connectivity index (χ4n) is 5.33. The van der Waals surface area contributed by atoms with Crippen LogP contribution in [0.4, 0.5) is 11.8 Å². The summed E-state index contributed by atoms with van der Waals surface area (Å²) in [5, 5.41) is 6.99. The summed E-state index contributed by atoms with van der Waals surface area (Å²) in [6.07, 6.45) is 9.16. The second-order valence-corrected chi connectivity index (χ2v) is 10.3. The van der Waals surface area contributed by atoms with E-state index in [9.17, 15) is 4.79 Å². The zero-order valence-corrected chi connectivity index (χ0v) is 23.6. The van der Waals surface area contributed by atoms with Gasteiger partial charge in [0.15, 0.2) is 0 Å². The molecule has 10 heteroatoms. The summed E-state index contributed by atoms with van der Waals surface area (Å²) in [6, 6.07) is 10.1. The number of fused-ring (bicyclic) bond motifs is 1. The number of hydrogen-bond donors (Lipinski definition) is 2. The Bertz CT molecular complexity index is 1450. The maximum absolute atomic E-state index is 12.3. The van der Waals surface area contributed by atoms with Crippen molar-refractivity contribution in [2.45, 2.75) is 38.6 Å². The van der Waals surface area contributed by atoms with Crippen LogP contribution in [0.15, 0.2) is 55.2 Å². The highest BCUT2D eigenvalue weighted by molar-refractivity contribution is 6.06. The van der Waals surface area contributed by atoms with Gasteiger partial charge in [0.05, 0.1) is 16.8 Å². The predicted octanol–water partition coefficient (Wildman–Crippen LogP) is 3.98. The molecule has 0 spiro atoms. The molecule has 10 nitrogen and oxygen atoms in total. The first-order valence-electron chi connectivity index (χ1n) is 13.9. The first kappa shape index (κ1) is 27.4. The first-order valence-corrected chi connectivity index (χ1v) is 13.9. The van der Waals surface area contributed by atoms with Crippen molar-refractivity contribution in [3.8, 4) is 11.3 Å². The van der Waals surface area contributed by atoms with Crippen LogP contribution in [0.5, 0.6) is 0 Å². The number of nitrogens with one attached hydrogen (secondary N) is 2. The summed E-state index contributed by atoms with van der Waals surface area (Å²) in [4.78, 5) is 39.8. The van der Waals surface area contributed by atoms with Crippen molar-refractivity contribution in [1.29, 1.82) is 0 Å². The van der Waals surface area contributed by atoms with Gasteiger partial charge in [0.25, 0.3) is 5.91 Å². The minimum Gasteiger partial charge on any atom is -0.369 e. The topological polar surface area (TPSA) is 112 Å². The predicted molar refractivity (Wildman–Crippen MR) is 159 cm³/mol. The summed E-state index contributed by atoms with van der Waals surface area (Å²) >= 11 is 0. The number of aromatic nitrogens is 5. The number of pyridine rings is 1. The van der Waals surface area contributed by atoms with Gasteiger partial charge in [-0.05, 0) is 31.0 Å². The molecule has 40 heavy (non-hydrogen) atoms. The molecular weight excluding hydrogens is 502 g/mol. The second-order valence-electron chi connectivity index (χ2n) is 10.3. The number of nitrogens with zero attached hydrogens (tertiary/aromatic N) is 7. The van der Waals surface area contributed by atoms with Gasteiger partial charge in [-0.1, -0.05) is 32.0 Å². The maximum atomic E-state index is 12.3. The lowest BCUT2D eigenvalue weighted by atomic mass is 9.96. The normalized spacial score (nSPS) is 15.1. The summed E-state index contributed by atoms with van der Waals surface area (Å²) in [6.45, 7) is 8.33. The molecule has 0 bridgehead atoms. The third-order valence-corrected chi connectivity index (χ3v) is 7.86. The average Bonchev–Trinajstić information content (AvgIpc) is 3.02. The first-order chi connectivity index (χ1) is 19.5. The van der Waals surface area contributed by atoms with Crippen LogP contribution in [-0.4, -0.2) is 82.0 Å². The van der Waals surface area contributed by atoms with E-state index >= 15 is 0 Å². The van der Waals surface area contributed by atoms with E-state index in [0.29, 0.717) is 18.2 Å². The highest BCUT2D eigenvalue weighted by atomic mass is 16.1. The van der Waals surface area contributed by atoms with Crippen molar-refractivity contribution in [1.82, 2.24) is 35.1 Å². The number of carbonyl (C=O) groups is 1. The Morgan fingerprint density at radius 1 is 1.10 bits per heavy atom. The van der Waals surface area contributed by atoms with Crippen LogP contribution in [-0.2, 0) is 0 Å². The van der Waals surface area contributed by atoms with Crippen LogP contribution in [0.3, 0.4) is 0 Å². The Hall–Kier alpha value is -4.18. The molecule has 0 aliphatic carbocycles. The molecule has 1 atom stereocenters. The number of carbonyl (C=O) groups excluding carboxylic acids is 1. The van der Waals surface area contributed by atoms with Crippen molar-refractivity contribution in [3.63, 3.8) is 0 Å². The molecule has 2 N–H and O–H groups in total. The zero-order chi connectivity index (χ0) is 28.1. The number of anilines is 2. The Labute approximate surface area is 235 Å². The molecule has 0 radical (unpaired) electrons. The maximum Gasteiger partial charge on any atom is 0.251 e. The molecule has 0 unspecified atom stereocenters. The van der Waals surface area contributed by atoms with E-state index in [1.54, 1.807) is 25.6 Å². The Balaban J connectivity index is 1.25. The molecule has 1 saturated heterocycles. The zero-order valence-electron chi connectivity index (χ0n) is 23.6. The fourth-order valence-corrected chi connectivity index (χ4v) is 5.33. The van der Waals surface area contributed by atoms with E-state index in [-0.39, 0.29) is 11.8 Å². The Kier molecular flexibility index (Phi) is 8.45. The average molecular weight is 540 g/mol. The molecule has 1 fully saturated rings. The smallest absolute Gasteiger partial charge is 0.251 e. The number of para-hydroxylation sites is 1. The van der Waals surface area contributed by atoms with Gasteiger partial charge in [0.1, 0.15) is 12.1 Å². The van der Waals surface area contributed by atoms with Crippen LogP contribution in [0, 0.1) is 0 Å². The monoisotopic (exact) mass is 539 g/mol. The summed E-state index contributed by atoms with van der Waals surface area (Å²) in [7, 11) is 3.72. The van der Waals surface area contributed by atoms with Crippen molar-refractivity contribution in [2.75, 3.05) is 50.5 Å². The highest BCUT2D eigenvalue weighted by Gasteiger charge is 2.23. The van der Waals surface area contributed by atoms with Gasteiger partial charge in [-0.3, -0.25) is 9.78 Å². The van der Waals surface area contributed by atoms with E-state index in [0.717, 1.165) is 72.0 Å². The van der Waals surface area contributed by atoms with Gasteiger partial charge in [0.2, 0.25) is 5.95 Å². The Morgan fingerprint density at radius 3 is 2.60 bits per heavy atom. The molecular formula is C30H37N9O. The lowest BCUT2D eigenvalue weighted by Crippen LogP contribution is -2.43. The van der Waals surface area contributed by atoms with Gasteiger partial charge >= 0.3 is 0 Å². The minimum absolute atomic E-state index is 0.121. The second kappa shape index (κ2) is 12.3. The quantitative estimate of drug-likeness (QED) is 0.326. The van der Waals surface area contributed by atoms with E-state index in [4.69, 9.17) is 0 Å². The molecule has 4 aromatic rings. The van der Waals surface area contributed by atoms with Crippen molar-refractivity contribution in [3.05, 3.63) is 66.4 Å². The van der Waals surface area contributed by atoms with Gasteiger partial charge in [-0.25, -0.2) is 19.9 Å². The van der Waals surface area contributed by atoms with Crippen LogP contribution in [0.1, 0.15) is 48.5 Å². The molecule has 1 aliphatic rings. The van der Waals surface area contributed by atoms with E-state index in [2.05, 4.69) is 72.3 Å². The van der Waals surface area contributed by atoms with Crippen molar-refractivity contribution < 1.29 is 4.79 Å². The van der Waals surface area contributed by atoms with Crippen LogP contribution in [0.25, 0.3) is 22.2 Å². The summed E-state index contributed by atoms with van der Waals surface area (Å²) < 4.78 is 0. The van der Waals surface area contributed by atoms with Gasteiger partial charge in [-0.15, -0.1) is 0 Å². The standard InChI is InChI=1S/C30H37N9O/c1-5-39-13-10-22(11-14-39)38(4)30-34-17-21(18-35-30)26-15-27(37-19-36-26)33-16-20(2)23-7-6-8-24-25(29(40)31-3)9-12-32-28(23)24/h6-9,12,15,17-20,22H,5,10-11,13-14,16H2,1-4H3,(H,31,40)(H,33,36,37)/t20-/m1/s1. The molecule has 4 heterocycles. The van der Waals surface area contributed by atoms with Gasteiger partial charge in [0, 0.05) is 81.3 Å². The van der Waals surface area contributed by atoms with Crippen molar-refractivity contribution in [2.24, 2.45) is 0 Å². The number of piperidine rings is 1. The Morgan fingerprint density at radius 2 is 1.88 bits per heavy atom. The van der Waals surface area contributed by atoms with Gasteiger partial charge in [-0.2, -0.15) is 0 Å². The molecule has 208 valence electrons. The van der Waals surface area contributed by atoms with Crippen LogP contribution >= 0.6 is 0 Å². The number of amides is 1. The number of hydrogen-bond acceptors (Lipinski definition) is 9. The third kappa shape index (κ3) is 5.86. The van der Waals surface area contributed by atoms with E-state index in [1.807, 2.05) is 30.6 Å². The van der Waals surface area contributed by atoms with E-state index in [1.165, 1.54) is 0 Å². The molecule has 0 saturated carbocycles. The summed E-state index contributed by atoms with van der Waals surface area (Å²) in [5.41, 5.74) is 4.13. The third-order valence-electron chi connectivity index (χ3n) is 7.86. The number of benzene rings is 1. The molecule has 1 amide bonds.